The van der Waals surface area contributed by atoms with E-state index in [2.05, 4.69) is 59.8 Å². The second-order valence-corrected chi connectivity index (χ2v) is 7.44. The molecule has 0 saturated carbocycles. The highest BCUT2D eigenvalue weighted by atomic mass is 127. The minimum Gasteiger partial charge on any atom is -0.357 e. The van der Waals surface area contributed by atoms with E-state index in [9.17, 15) is 0 Å². The van der Waals surface area contributed by atoms with Crippen LogP contribution in [0.5, 0.6) is 0 Å². The molecule has 0 atom stereocenters. The molecule has 23 heavy (non-hydrogen) atoms. The molecule has 0 saturated heterocycles. The molecule has 2 N–H and O–H groups in total. The summed E-state index contributed by atoms with van der Waals surface area (Å²) in [6, 6.07) is 2.14. The molecule has 2 rings (SSSR count). The highest BCUT2D eigenvalue weighted by Gasteiger charge is 2.04. The number of halogens is 1. The second-order valence-electron chi connectivity index (χ2n) is 5.15. The van der Waals surface area contributed by atoms with Crippen LogP contribution in [-0.4, -0.2) is 24.0 Å². The summed E-state index contributed by atoms with van der Waals surface area (Å²) < 4.78 is 0. The standard InChI is InChI=1S/C16H24N4S2.HI/c1-5-17-16(19-10-14-11(2)7-9-21-14)18-8-6-15-20-12(3)13(4)22-15;/h7,9H,5-6,8,10H2,1-4H3,(H2,17,18,19);1H. The quantitative estimate of drug-likeness (QED) is 0.386. The molecular weight excluding hydrogens is 439 g/mol. The number of guanidine groups is 1. The number of hydrogen-bond donors (Lipinski definition) is 2. The van der Waals surface area contributed by atoms with Crippen molar-refractivity contribution in [3.8, 4) is 0 Å². The van der Waals surface area contributed by atoms with Crippen LogP contribution in [0.4, 0.5) is 0 Å². The van der Waals surface area contributed by atoms with Gasteiger partial charge in [-0.05, 0) is 44.7 Å². The molecule has 7 heteroatoms. The lowest BCUT2D eigenvalue weighted by Crippen LogP contribution is -2.38. The lowest BCUT2D eigenvalue weighted by molar-refractivity contribution is 0.796. The maximum Gasteiger partial charge on any atom is 0.191 e. The predicted octanol–water partition coefficient (Wildman–Crippen LogP) is 4.05. The molecule has 0 aromatic carbocycles. The number of aliphatic imine (C=N–C) groups is 1. The first kappa shape index (κ1) is 20.4. The SMILES string of the molecule is CCNC(=NCc1sccc1C)NCCc1nc(C)c(C)s1.I. The maximum atomic E-state index is 4.66. The molecule has 2 heterocycles. The smallest absolute Gasteiger partial charge is 0.191 e. The molecule has 0 aliphatic carbocycles. The lowest BCUT2D eigenvalue weighted by atomic mass is 10.3. The van der Waals surface area contributed by atoms with Gasteiger partial charge >= 0.3 is 0 Å². The van der Waals surface area contributed by atoms with Gasteiger partial charge in [-0.1, -0.05) is 0 Å². The van der Waals surface area contributed by atoms with Gasteiger partial charge in [0.2, 0.25) is 0 Å². The predicted molar refractivity (Wildman–Crippen MR) is 113 cm³/mol. The van der Waals surface area contributed by atoms with Crippen molar-refractivity contribution in [3.05, 3.63) is 37.5 Å². The van der Waals surface area contributed by atoms with E-state index in [1.807, 2.05) is 0 Å². The van der Waals surface area contributed by atoms with E-state index in [0.717, 1.165) is 37.7 Å². The van der Waals surface area contributed by atoms with E-state index in [0.29, 0.717) is 0 Å². The number of aryl methyl sites for hydroxylation is 3. The van der Waals surface area contributed by atoms with Gasteiger partial charge in [0.25, 0.3) is 0 Å². The molecule has 2 aromatic rings. The van der Waals surface area contributed by atoms with E-state index < -0.39 is 0 Å². The van der Waals surface area contributed by atoms with Gasteiger partial charge in [0, 0.05) is 29.3 Å². The fraction of sp³-hybridized carbons (Fsp3) is 0.500. The van der Waals surface area contributed by atoms with E-state index in [-0.39, 0.29) is 24.0 Å². The van der Waals surface area contributed by atoms with Gasteiger partial charge in [-0.25, -0.2) is 9.98 Å². The van der Waals surface area contributed by atoms with Crippen molar-refractivity contribution in [3.63, 3.8) is 0 Å². The van der Waals surface area contributed by atoms with Gasteiger partial charge in [-0.2, -0.15) is 0 Å². The fourth-order valence-electron chi connectivity index (χ4n) is 1.99. The van der Waals surface area contributed by atoms with Gasteiger partial charge in [0.05, 0.1) is 17.2 Å². The summed E-state index contributed by atoms with van der Waals surface area (Å²) in [6.07, 6.45) is 0.932. The molecule has 0 unspecified atom stereocenters. The third-order valence-electron chi connectivity index (χ3n) is 3.40. The summed E-state index contributed by atoms with van der Waals surface area (Å²) >= 11 is 3.55. The van der Waals surface area contributed by atoms with Gasteiger partial charge in [-0.3, -0.25) is 0 Å². The molecule has 2 aromatic heterocycles. The van der Waals surface area contributed by atoms with Crippen LogP contribution in [0.2, 0.25) is 0 Å². The number of rotatable bonds is 6. The summed E-state index contributed by atoms with van der Waals surface area (Å²) in [5.41, 5.74) is 2.46. The average Bonchev–Trinajstić information content (AvgIpc) is 3.02. The molecule has 0 bridgehead atoms. The van der Waals surface area contributed by atoms with Crippen molar-refractivity contribution in [2.24, 2.45) is 4.99 Å². The fourth-order valence-corrected chi connectivity index (χ4v) is 3.76. The summed E-state index contributed by atoms with van der Waals surface area (Å²) in [4.78, 5) is 11.9. The van der Waals surface area contributed by atoms with Crippen LogP contribution in [0, 0.1) is 20.8 Å². The molecule has 4 nitrogen and oxygen atoms in total. The Hall–Kier alpha value is -0.670. The van der Waals surface area contributed by atoms with Crippen LogP contribution in [0.25, 0.3) is 0 Å². The Morgan fingerprint density at radius 1 is 1.26 bits per heavy atom. The molecule has 0 aliphatic rings. The molecular formula is C16H25IN4S2. The minimum absolute atomic E-state index is 0. The molecule has 0 radical (unpaired) electrons. The molecule has 0 fully saturated rings. The first-order valence-corrected chi connectivity index (χ1v) is 9.27. The summed E-state index contributed by atoms with van der Waals surface area (Å²) in [6.45, 7) is 10.9. The zero-order valence-electron chi connectivity index (χ0n) is 14.1. The largest absolute Gasteiger partial charge is 0.357 e. The van der Waals surface area contributed by atoms with E-state index in [1.54, 1.807) is 22.7 Å². The molecule has 0 aliphatic heterocycles. The summed E-state index contributed by atoms with van der Waals surface area (Å²) in [7, 11) is 0. The lowest BCUT2D eigenvalue weighted by Gasteiger charge is -2.10. The third-order valence-corrected chi connectivity index (χ3v) is 5.54. The topological polar surface area (TPSA) is 49.3 Å². The molecule has 0 spiro atoms. The number of nitrogens with one attached hydrogen (secondary N) is 2. The van der Waals surface area contributed by atoms with Crippen molar-refractivity contribution in [2.75, 3.05) is 13.1 Å². The Balaban J connectivity index is 0.00000264. The Kier molecular flexibility index (Phi) is 9.08. The summed E-state index contributed by atoms with van der Waals surface area (Å²) in [5.74, 6) is 0.875. The van der Waals surface area contributed by atoms with Crippen LogP contribution in [-0.2, 0) is 13.0 Å². The third kappa shape index (κ3) is 6.39. The number of hydrogen-bond acceptors (Lipinski definition) is 4. The monoisotopic (exact) mass is 464 g/mol. The number of aromatic nitrogens is 1. The van der Waals surface area contributed by atoms with Crippen molar-refractivity contribution < 1.29 is 0 Å². The normalized spacial score (nSPS) is 11.2. The minimum atomic E-state index is 0. The van der Waals surface area contributed by atoms with Gasteiger partial charge in [-0.15, -0.1) is 46.7 Å². The highest BCUT2D eigenvalue weighted by molar-refractivity contribution is 14.0. The van der Waals surface area contributed by atoms with Crippen molar-refractivity contribution in [2.45, 2.75) is 40.7 Å². The van der Waals surface area contributed by atoms with Gasteiger partial charge in [0.15, 0.2) is 5.96 Å². The van der Waals surface area contributed by atoms with Crippen molar-refractivity contribution >= 4 is 52.6 Å². The first-order chi connectivity index (χ1) is 10.6. The van der Waals surface area contributed by atoms with Crippen LogP contribution >= 0.6 is 46.7 Å². The first-order valence-electron chi connectivity index (χ1n) is 7.58. The van der Waals surface area contributed by atoms with E-state index in [4.69, 9.17) is 0 Å². The molecule has 128 valence electrons. The van der Waals surface area contributed by atoms with Crippen LogP contribution in [0.15, 0.2) is 16.4 Å². The summed E-state index contributed by atoms with van der Waals surface area (Å²) in [5, 5.41) is 9.99. The van der Waals surface area contributed by atoms with Crippen molar-refractivity contribution in [1.82, 2.24) is 15.6 Å². The highest BCUT2D eigenvalue weighted by Crippen LogP contribution is 2.17. The van der Waals surface area contributed by atoms with Crippen LogP contribution in [0.1, 0.15) is 32.9 Å². The van der Waals surface area contributed by atoms with Crippen molar-refractivity contribution in [1.29, 1.82) is 0 Å². The van der Waals surface area contributed by atoms with Gasteiger partial charge < -0.3 is 10.6 Å². The average molecular weight is 464 g/mol. The zero-order chi connectivity index (χ0) is 15.9. The van der Waals surface area contributed by atoms with Gasteiger partial charge in [0.1, 0.15) is 0 Å². The Morgan fingerprint density at radius 3 is 2.61 bits per heavy atom. The Labute approximate surface area is 163 Å². The Bertz CT molecular complexity index is 614. The molecule has 0 amide bonds. The maximum absolute atomic E-state index is 4.66. The van der Waals surface area contributed by atoms with E-state index >= 15 is 0 Å². The number of thiazole rings is 1. The van der Waals surface area contributed by atoms with E-state index in [1.165, 1.54) is 20.3 Å². The number of nitrogens with zero attached hydrogens (tertiary/aromatic N) is 2. The van der Waals surface area contributed by atoms with Crippen LogP contribution < -0.4 is 10.6 Å². The number of thiophene rings is 1. The van der Waals surface area contributed by atoms with Crippen LogP contribution in [0.3, 0.4) is 0 Å². The zero-order valence-corrected chi connectivity index (χ0v) is 18.1. The Morgan fingerprint density at radius 2 is 2.04 bits per heavy atom. The second kappa shape index (κ2) is 10.2.